The first-order valence-corrected chi connectivity index (χ1v) is 7.99. The standard InChI is InChI=1S/C17H26N4O2/c1-7-8-13(17(3,4)5)20-15(22)14-11(2)19-16(23-14)12-9-18-21(6)10-12/h9-10,13H,7-8H2,1-6H3,(H,20,22). The van der Waals surface area contributed by atoms with E-state index in [1.54, 1.807) is 17.8 Å². The van der Waals surface area contributed by atoms with Gasteiger partial charge in [0, 0.05) is 19.3 Å². The van der Waals surface area contributed by atoms with E-state index in [4.69, 9.17) is 4.42 Å². The van der Waals surface area contributed by atoms with E-state index >= 15 is 0 Å². The van der Waals surface area contributed by atoms with Gasteiger partial charge < -0.3 is 9.73 Å². The van der Waals surface area contributed by atoms with Crippen molar-refractivity contribution in [1.29, 1.82) is 0 Å². The highest BCUT2D eigenvalue weighted by molar-refractivity contribution is 5.93. The van der Waals surface area contributed by atoms with Crippen molar-refractivity contribution in [3.05, 3.63) is 23.8 Å². The highest BCUT2D eigenvalue weighted by atomic mass is 16.4. The normalized spacial score (nSPS) is 13.1. The molecule has 1 amide bonds. The maximum atomic E-state index is 12.6. The van der Waals surface area contributed by atoms with Crippen LogP contribution in [0.1, 0.15) is 56.8 Å². The lowest BCUT2D eigenvalue weighted by atomic mass is 9.84. The van der Waals surface area contributed by atoms with Crippen LogP contribution in [0.5, 0.6) is 0 Å². The van der Waals surface area contributed by atoms with Gasteiger partial charge >= 0.3 is 0 Å². The topological polar surface area (TPSA) is 73.0 Å². The molecule has 0 saturated heterocycles. The lowest BCUT2D eigenvalue weighted by Gasteiger charge is -2.31. The number of hydrogen-bond donors (Lipinski definition) is 1. The second kappa shape index (κ2) is 6.56. The van der Waals surface area contributed by atoms with Gasteiger partial charge in [0.15, 0.2) is 0 Å². The average Bonchev–Trinajstić information content (AvgIpc) is 3.03. The number of oxazole rings is 1. The molecule has 0 radical (unpaired) electrons. The Hall–Kier alpha value is -2.11. The summed E-state index contributed by atoms with van der Waals surface area (Å²) in [6.45, 7) is 10.3. The third-order valence-electron chi connectivity index (χ3n) is 3.88. The van der Waals surface area contributed by atoms with E-state index in [1.165, 1.54) is 0 Å². The van der Waals surface area contributed by atoms with Gasteiger partial charge in [-0.2, -0.15) is 5.10 Å². The molecule has 2 aromatic rings. The van der Waals surface area contributed by atoms with Gasteiger partial charge in [-0.05, 0) is 18.8 Å². The van der Waals surface area contributed by atoms with E-state index in [0.29, 0.717) is 11.6 Å². The van der Waals surface area contributed by atoms with E-state index in [9.17, 15) is 4.79 Å². The van der Waals surface area contributed by atoms with Crippen LogP contribution in [-0.2, 0) is 7.05 Å². The summed E-state index contributed by atoms with van der Waals surface area (Å²) in [5.41, 5.74) is 1.34. The number of aryl methyl sites for hydroxylation is 2. The van der Waals surface area contributed by atoms with E-state index in [1.807, 2.05) is 13.2 Å². The Balaban J connectivity index is 2.21. The lowest BCUT2D eigenvalue weighted by molar-refractivity contribution is 0.0869. The number of nitrogens with one attached hydrogen (secondary N) is 1. The third kappa shape index (κ3) is 4.00. The van der Waals surface area contributed by atoms with Crippen LogP contribution in [0.15, 0.2) is 16.8 Å². The smallest absolute Gasteiger partial charge is 0.289 e. The first-order chi connectivity index (χ1) is 10.7. The van der Waals surface area contributed by atoms with Crippen molar-refractivity contribution in [3.63, 3.8) is 0 Å². The minimum absolute atomic E-state index is 0.00816. The van der Waals surface area contributed by atoms with Gasteiger partial charge in [0.05, 0.1) is 17.5 Å². The van der Waals surface area contributed by atoms with Crippen LogP contribution >= 0.6 is 0 Å². The van der Waals surface area contributed by atoms with Crippen LogP contribution in [0.3, 0.4) is 0 Å². The number of nitrogens with zero attached hydrogens (tertiary/aromatic N) is 3. The van der Waals surface area contributed by atoms with Crippen molar-refractivity contribution in [2.45, 2.75) is 53.5 Å². The SMILES string of the molecule is CCCC(NC(=O)c1oc(-c2cnn(C)c2)nc1C)C(C)(C)C. The van der Waals surface area contributed by atoms with Gasteiger partial charge in [-0.15, -0.1) is 0 Å². The summed E-state index contributed by atoms with van der Waals surface area (Å²) in [5.74, 6) is 0.483. The Kier molecular flexibility index (Phi) is 4.92. The Morgan fingerprint density at radius 3 is 2.65 bits per heavy atom. The van der Waals surface area contributed by atoms with Crippen LogP contribution in [-0.4, -0.2) is 26.7 Å². The zero-order valence-corrected chi connectivity index (χ0v) is 14.8. The molecule has 23 heavy (non-hydrogen) atoms. The molecule has 0 saturated carbocycles. The fourth-order valence-electron chi connectivity index (χ4n) is 2.50. The van der Waals surface area contributed by atoms with Gasteiger partial charge in [-0.25, -0.2) is 4.98 Å². The minimum Gasteiger partial charge on any atom is -0.431 e. The van der Waals surface area contributed by atoms with Crippen LogP contribution in [0, 0.1) is 12.3 Å². The van der Waals surface area contributed by atoms with E-state index in [2.05, 4.69) is 43.1 Å². The molecule has 0 aliphatic carbocycles. The average molecular weight is 318 g/mol. The summed E-state index contributed by atoms with van der Waals surface area (Å²) < 4.78 is 7.36. The lowest BCUT2D eigenvalue weighted by Crippen LogP contribution is -2.43. The molecule has 1 unspecified atom stereocenters. The zero-order valence-electron chi connectivity index (χ0n) is 14.8. The molecule has 1 atom stereocenters. The van der Waals surface area contributed by atoms with Crippen molar-refractivity contribution >= 4 is 5.91 Å². The Labute approximate surface area is 137 Å². The first-order valence-electron chi connectivity index (χ1n) is 7.99. The van der Waals surface area contributed by atoms with Crippen molar-refractivity contribution < 1.29 is 9.21 Å². The number of hydrogen-bond acceptors (Lipinski definition) is 4. The Morgan fingerprint density at radius 1 is 1.43 bits per heavy atom. The molecule has 0 bridgehead atoms. The van der Waals surface area contributed by atoms with Crippen molar-refractivity contribution in [2.24, 2.45) is 12.5 Å². The maximum absolute atomic E-state index is 12.6. The van der Waals surface area contributed by atoms with Gasteiger partial charge in [0.1, 0.15) is 0 Å². The molecule has 2 aromatic heterocycles. The van der Waals surface area contributed by atoms with Gasteiger partial charge in [0.25, 0.3) is 5.91 Å². The minimum atomic E-state index is -0.210. The third-order valence-corrected chi connectivity index (χ3v) is 3.88. The van der Waals surface area contributed by atoms with Crippen molar-refractivity contribution in [3.8, 4) is 11.5 Å². The van der Waals surface area contributed by atoms with E-state index < -0.39 is 0 Å². The number of rotatable bonds is 5. The second-order valence-electron chi connectivity index (χ2n) is 7.02. The molecule has 2 heterocycles. The molecule has 1 N–H and O–H groups in total. The van der Waals surface area contributed by atoms with E-state index in [0.717, 1.165) is 18.4 Å². The van der Waals surface area contributed by atoms with Gasteiger partial charge in [-0.1, -0.05) is 34.1 Å². The van der Waals surface area contributed by atoms with Gasteiger partial charge in [-0.3, -0.25) is 9.48 Å². The number of amides is 1. The maximum Gasteiger partial charge on any atom is 0.289 e. The molecule has 0 fully saturated rings. The molecule has 0 aliphatic heterocycles. The summed E-state index contributed by atoms with van der Waals surface area (Å²) in [4.78, 5) is 16.9. The quantitative estimate of drug-likeness (QED) is 0.917. The molecular weight excluding hydrogens is 292 g/mol. The molecule has 0 aromatic carbocycles. The monoisotopic (exact) mass is 318 g/mol. The highest BCUT2D eigenvalue weighted by Crippen LogP contribution is 2.25. The van der Waals surface area contributed by atoms with E-state index in [-0.39, 0.29) is 23.1 Å². The summed E-state index contributed by atoms with van der Waals surface area (Å²) >= 11 is 0. The van der Waals surface area contributed by atoms with Crippen LogP contribution in [0.4, 0.5) is 0 Å². The molecule has 0 spiro atoms. The molecule has 2 rings (SSSR count). The van der Waals surface area contributed by atoms with Crippen LogP contribution in [0.2, 0.25) is 0 Å². The highest BCUT2D eigenvalue weighted by Gasteiger charge is 2.28. The summed E-state index contributed by atoms with van der Waals surface area (Å²) in [6, 6.07) is 0.0892. The Morgan fingerprint density at radius 2 is 2.13 bits per heavy atom. The predicted molar refractivity (Wildman–Crippen MR) is 89.1 cm³/mol. The molecule has 126 valence electrons. The number of carbonyl (C=O) groups is 1. The zero-order chi connectivity index (χ0) is 17.2. The number of aromatic nitrogens is 3. The predicted octanol–water partition coefficient (Wildman–Crippen LogP) is 3.33. The van der Waals surface area contributed by atoms with Crippen LogP contribution < -0.4 is 5.32 Å². The fraction of sp³-hybridized carbons (Fsp3) is 0.588. The molecule has 0 aliphatic rings. The molecule has 6 heteroatoms. The van der Waals surface area contributed by atoms with Crippen LogP contribution in [0.25, 0.3) is 11.5 Å². The Bertz CT molecular complexity index is 679. The summed E-state index contributed by atoms with van der Waals surface area (Å²) in [6.07, 6.45) is 5.42. The first kappa shape index (κ1) is 17.2. The summed E-state index contributed by atoms with van der Waals surface area (Å²) in [5, 5.41) is 7.19. The number of carbonyl (C=O) groups excluding carboxylic acids is 1. The molecule has 6 nitrogen and oxygen atoms in total. The van der Waals surface area contributed by atoms with Crippen molar-refractivity contribution in [1.82, 2.24) is 20.1 Å². The molecular formula is C17H26N4O2. The van der Waals surface area contributed by atoms with Gasteiger partial charge in [0.2, 0.25) is 11.7 Å². The largest absolute Gasteiger partial charge is 0.431 e. The summed E-state index contributed by atoms with van der Waals surface area (Å²) in [7, 11) is 1.82. The second-order valence-corrected chi connectivity index (χ2v) is 7.02. The fourth-order valence-corrected chi connectivity index (χ4v) is 2.50. The van der Waals surface area contributed by atoms with Crippen molar-refractivity contribution in [2.75, 3.05) is 0 Å².